The molecule has 2 aromatic heterocycles. The average Bonchev–Trinajstić information content (AvgIpc) is 3.22. The number of hydrogen-bond acceptors (Lipinski definition) is 4. The monoisotopic (exact) mass is 343 g/mol. The van der Waals surface area contributed by atoms with Gasteiger partial charge in [0.25, 0.3) is 5.56 Å². The summed E-state index contributed by atoms with van der Waals surface area (Å²) in [5.74, 6) is 1.51. The molecule has 25 heavy (non-hydrogen) atoms. The minimum absolute atomic E-state index is 0.0259. The van der Waals surface area contributed by atoms with Gasteiger partial charge in [-0.15, -0.1) is 0 Å². The Balaban J connectivity index is 1.75. The molecule has 0 atom stereocenters. The number of aromatic nitrogens is 4. The number of aryl methyl sites for hydroxylation is 2. The molecule has 0 spiro atoms. The molecule has 1 aliphatic carbocycles. The van der Waals surface area contributed by atoms with E-state index in [4.69, 9.17) is 0 Å². The third-order valence-corrected chi connectivity index (χ3v) is 4.70. The van der Waals surface area contributed by atoms with Gasteiger partial charge in [-0.1, -0.05) is 32.6 Å². The highest BCUT2D eigenvalue weighted by molar-refractivity contribution is 5.90. The summed E-state index contributed by atoms with van der Waals surface area (Å²) >= 11 is 0. The molecule has 2 N–H and O–H groups in total. The van der Waals surface area contributed by atoms with E-state index < -0.39 is 0 Å². The Kier molecular flexibility index (Phi) is 5.31. The first-order chi connectivity index (χ1) is 12.0. The van der Waals surface area contributed by atoms with Gasteiger partial charge in [0.2, 0.25) is 11.9 Å². The molecule has 2 heterocycles. The van der Waals surface area contributed by atoms with E-state index in [2.05, 4.69) is 20.4 Å². The summed E-state index contributed by atoms with van der Waals surface area (Å²) in [5.41, 5.74) is 1.20. The first-order valence-corrected chi connectivity index (χ1v) is 9.02. The Labute approximate surface area is 146 Å². The SMILES string of the molecule is CCc1cc(=O)[nH]c(-n2nc(C)cc2NC(=O)CCC2CCCC2)n1. The van der Waals surface area contributed by atoms with Gasteiger partial charge in [0.1, 0.15) is 5.82 Å². The van der Waals surface area contributed by atoms with E-state index in [1.165, 1.54) is 36.4 Å². The van der Waals surface area contributed by atoms with E-state index in [1.807, 2.05) is 13.8 Å². The Morgan fingerprint density at radius 3 is 2.84 bits per heavy atom. The Morgan fingerprint density at radius 1 is 1.36 bits per heavy atom. The molecule has 3 rings (SSSR count). The normalized spacial score (nSPS) is 14.8. The number of nitrogens with one attached hydrogen (secondary N) is 2. The van der Waals surface area contributed by atoms with Crippen molar-refractivity contribution in [2.75, 3.05) is 5.32 Å². The number of nitrogens with zero attached hydrogens (tertiary/aromatic N) is 3. The van der Waals surface area contributed by atoms with Crippen LogP contribution in [-0.2, 0) is 11.2 Å². The lowest BCUT2D eigenvalue weighted by Gasteiger charge is -2.10. The van der Waals surface area contributed by atoms with Crippen LogP contribution in [-0.4, -0.2) is 25.7 Å². The van der Waals surface area contributed by atoms with Crippen LogP contribution in [0.3, 0.4) is 0 Å². The van der Waals surface area contributed by atoms with Crippen LogP contribution in [0.4, 0.5) is 5.82 Å². The summed E-state index contributed by atoms with van der Waals surface area (Å²) in [6.07, 6.45) is 7.13. The van der Waals surface area contributed by atoms with Crippen LogP contribution in [0.5, 0.6) is 0 Å². The van der Waals surface area contributed by atoms with Crippen LogP contribution in [0.2, 0.25) is 0 Å². The van der Waals surface area contributed by atoms with Crippen molar-refractivity contribution in [3.05, 3.63) is 33.9 Å². The van der Waals surface area contributed by atoms with Gasteiger partial charge in [-0.3, -0.25) is 14.6 Å². The summed E-state index contributed by atoms with van der Waals surface area (Å²) in [6, 6.07) is 3.26. The first kappa shape index (κ1) is 17.4. The Hall–Kier alpha value is -2.44. The van der Waals surface area contributed by atoms with Crippen molar-refractivity contribution in [3.8, 4) is 5.95 Å². The van der Waals surface area contributed by atoms with E-state index in [9.17, 15) is 9.59 Å². The van der Waals surface area contributed by atoms with Crippen LogP contribution in [0.1, 0.15) is 56.8 Å². The van der Waals surface area contributed by atoms with E-state index in [0.29, 0.717) is 36.2 Å². The van der Waals surface area contributed by atoms with Crippen LogP contribution >= 0.6 is 0 Å². The van der Waals surface area contributed by atoms with Crippen molar-refractivity contribution in [2.24, 2.45) is 5.92 Å². The van der Waals surface area contributed by atoms with Gasteiger partial charge in [-0.25, -0.2) is 4.98 Å². The first-order valence-electron chi connectivity index (χ1n) is 9.02. The van der Waals surface area contributed by atoms with Gasteiger partial charge >= 0.3 is 0 Å². The van der Waals surface area contributed by atoms with Crippen LogP contribution in [0.15, 0.2) is 16.9 Å². The van der Waals surface area contributed by atoms with Gasteiger partial charge in [0.05, 0.1) is 5.69 Å². The molecule has 1 saturated carbocycles. The molecule has 0 radical (unpaired) electrons. The third-order valence-electron chi connectivity index (χ3n) is 4.70. The quantitative estimate of drug-likeness (QED) is 0.843. The highest BCUT2D eigenvalue weighted by atomic mass is 16.1. The number of aromatic amines is 1. The lowest BCUT2D eigenvalue weighted by atomic mass is 10.0. The maximum atomic E-state index is 12.3. The summed E-state index contributed by atoms with van der Waals surface area (Å²) in [6.45, 7) is 3.78. The lowest BCUT2D eigenvalue weighted by Crippen LogP contribution is -2.19. The van der Waals surface area contributed by atoms with E-state index in [-0.39, 0.29) is 11.5 Å². The van der Waals surface area contributed by atoms with E-state index in [0.717, 1.165) is 12.1 Å². The molecule has 134 valence electrons. The summed E-state index contributed by atoms with van der Waals surface area (Å²) < 4.78 is 1.49. The zero-order chi connectivity index (χ0) is 17.8. The number of H-pyrrole nitrogens is 1. The molecule has 1 aliphatic rings. The fourth-order valence-electron chi connectivity index (χ4n) is 3.36. The van der Waals surface area contributed by atoms with Crippen molar-refractivity contribution < 1.29 is 4.79 Å². The van der Waals surface area contributed by atoms with E-state index >= 15 is 0 Å². The van der Waals surface area contributed by atoms with Gasteiger partial charge < -0.3 is 5.32 Å². The number of carbonyl (C=O) groups is 1. The standard InChI is InChI=1S/C18H25N5O2/c1-3-14-11-17(25)21-18(19-14)23-15(10-12(2)22-23)20-16(24)9-8-13-6-4-5-7-13/h10-11,13H,3-9H2,1-2H3,(H,20,24)(H,19,21,25). The summed E-state index contributed by atoms with van der Waals surface area (Å²) in [7, 11) is 0. The number of carbonyl (C=O) groups excluding carboxylic acids is 1. The highest BCUT2D eigenvalue weighted by Gasteiger charge is 2.18. The number of anilines is 1. The topological polar surface area (TPSA) is 92.7 Å². The fraction of sp³-hybridized carbons (Fsp3) is 0.556. The number of rotatable bonds is 6. The lowest BCUT2D eigenvalue weighted by molar-refractivity contribution is -0.116. The second kappa shape index (κ2) is 7.63. The molecular weight excluding hydrogens is 318 g/mol. The minimum atomic E-state index is -0.228. The second-order valence-corrected chi connectivity index (χ2v) is 6.73. The molecule has 0 aromatic carbocycles. The Bertz CT molecular complexity index is 802. The van der Waals surface area contributed by atoms with E-state index in [1.54, 1.807) is 6.07 Å². The molecule has 0 aliphatic heterocycles. The van der Waals surface area contributed by atoms with Crippen molar-refractivity contribution in [2.45, 2.75) is 58.8 Å². The summed E-state index contributed by atoms with van der Waals surface area (Å²) in [5, 5.41) is 7.27. The predicted octanol–water partition coefficient (Wildman–Crippen LogP) is 2.74. The molecule has 7 heteroatoms. The van der Waals surface area contributed by atoms with Crippen LogP contribution < -0.4 is 10.9 Å². The molecular formula is C18H25N5O2. The number of amides is 1. The van der Waals surface area contributed by atoms with Crippen molar-refractivity contribution in [1.82, 2.24) is 19.7 Å². The van der Waals surface area contributed by atoms with Crippen molar-refractivity contribution in [3.63, 3.8) is 0 Å². The molecule has 0 bridgehead atoms. The molecule has 7 nitrogen and oxygen atoms in total. The zero-order valence-corrected chi connectivity index (χ0v) is 14.8. The second-order valence-electron chi connectivity index (χ2n) is 6.73. The van der Waals surface area contributed by atoms with Gasteiger partial charge in [-0.05, 0) is 25.7 Å². The molecule has 1 fully saturated rings. The molecule has 0 saturated heterocycles. The van der Waals surface area contributed by atoms with Crippen molar-refractivity contribution >= 4 is 11.7 Å². The smallest absolute Gasteiger partial charge is 0.252 e. The third kappa shape index (κ3) is 4.35. The fourth-order valence-corrected chi connectivity index (χ4v) is 3.36. The number of hydrogen-bond donors (Lipinski definition) is 2. The maximum Gasteiger partial charge on any atom is 0.252 e. The van der Waals surface area contributed by atoms with Gasteiger partial charge in [0, 0.05) is 24.2 Å². The maximum absolute atomic E-state index is 12.3. The largest absolute Gasteiger partial charge is 0.310 e. The predicted molar refractivity (Wildman–Crippen MR) is 95.9 cm³/mol. The molecule has 1 amide bonds. The van der Waals surface area contributed by atoms with Crippen LogP contribution in [0, 0.1) is 12.8 Å². The molecule has 0 unspecified atom stereocenters. The molecule has 2 aromatic rings. The Morgan fingerprint density at radius 2 is 2.12 bits per heavy atom. The van der Waals surface area contributed by atoms with Crippen molar-refractivity contribution in [1.29, 1.82) is 0 Å². The van der Waals surface area contributed by atoms with Gasteiger partial charge in [-0.2, -0.15) is 9.78 Å². The van der Waals surface area contributed by atoms with Crippen LogP contribution in [0.25, 0.3) is 5.95 Å². The highest BCUT2D eigenvalue weighted by Crippen LogP contribution is 2.28. The average molecular weight is 343 g/mol. The van der Waals surface area contributed by atoms with Gasteiger partial charge in [0.15, 0.2) is 0 Å². The summed E-state index contributed by atoms with van der Waals surface area (Å²) in [4.78, 5) is 31.2. The minimum Gasteiger partial charge on any atom is -0.310 e. The zero-order valence-electron chi connectivity index (χ0n) is 14.8.